The third kappa shape index (κ3) is 3.63. The Kier molecular flexibility index (Phi) is 4.69. The molecular weight excluding hydrogens is 264 g/mol. The zero-order valence-electron chi connectivity index (χ0n) is 13.3. The summed E-state index contributed by atoms with van der Waals surface area (Å²) in [5.41, 5.74) is 6.52. The van der Waals surface area contributed by atoms with E-state index in [1.165, 1.54) is 13.5 Å². The molecule has 1 aliphatic heterocycles. The van der Waals surface area contributed by atoms with Crippen LogP contribution in [0.4, 0.5) is 0 Å². The maximum Gasteiger partial charge on any atom is 0.330 e. The van der Waals surface area contributed by atoms with Crippen LogP contribution in [0.1, 0.15) is 32.3 Å². The number of benzene rings is 1. The van der Waals surface area contributed by atoms with Gasteiger partial charge in [-0.3, -0.25) is 0 Å². The molecule has 21 heavy (non-hydrogen) atoms. The molecule has 1 unspecified atom stereocenters. The second-order valence-corrected chi connectivity index (χ2v) is 6.77. The minimum Gasteiger partial charge on any atom is -0.467 e. The van der Waals surface area contributed by atoms with E-state index in [0.717, 1.165) is 25.2 Å². The van der Waals surface area contributed by atoms with Gasteiger partial charge in [0.1, 0.15) is 5.54 Å². The van der Waals surface area contributed by atoms with Gasteiger partial charge in [-0.25, -0.2) is 4.79 Å². The molecule has 0 aromatic heterocycles. The Morgan fingerprint density at radius 2 is 2.05 bits per heavy atom. The highest BCUT2D eigenvalue weighted by atomic mass is 16.5. The summed E-state index contributed by atoms with van der Waals surface area (Å²) >= 11 is 0. The lowest BCUT2D eigenvalue weighted by Gasteiger charge is -2.29. The van der Waals surface area contributed by atoms with Crippen molar-refractivity contribution >= 4 is 5.97 Å². The fraction of sp³-hybridized carbons (Fsp3) is 0.588. The minimum atomic E-state index is -1.07. The summed E-state index contributed by atoms with van der Waals surface area (Å²) in [7, 11) is 1.39. The van der Waals surface area contributed by atoms with Crippen molar-refractivity contribution in [2.45, 2.75) is 32.2 Å². The molecule has 1 fully saturated rings. The number of hydrogen-bond acceptors (Lipinski definition) is 4. The summed E-state index contributed by atoms with van der Waals surface area (Å²) < 4.78 is 4.94. The lowest BCUT2D eigenvalue weighted by atomic mass is 9.87. The van der Waals surface area contributed by atoms with Crippen LogP contribution in [0, 0.1) is 5.41 Å². The van der Waals surface area contributed by atoms with Crippen molar-refractivity contribution in [1.29, 1.82) is 0 Å². The maximum atomic E-state index is 12.2. The molecule has 0 spiro atoms. The lowest BCUT2D eigenvalue weighted by molar-refractivity contribution is -0.148. The molecular formula is C17H26N2O2. The molecule has 2 N–H and O–H groups in total. The average molecular weight is 290 g/mol. The molecule has 1 atom stereocenters. The molecule has 0 radical (unpaired) electrons. The van der Waals surface area contributed by atoms with E-state index in [1.807, 2.05) is 30.3 Å². The number of hydrogen-bond donors (Lipinski definition) is 1. The molecule has 1 aliphatic rings. The van der Waals surface area contributed by atoms with Crippen molar-refractivity contribution in [3.63, 3.8) is 0 Å². The van der Waals surface area contributed by atoms with Crippen LogP contribution in [0.15, 0.2) is 30.3 Å². The number of likely N-dealkylation sites (tertiary alicyclic amines) is 1. The molecule has 0 amide bonds. The molecule has 4 heteroatoms. The highest BCUT2D eigenvalue weighted by Gasteiger charge is 2.38. The number of methoxy groups -OCH3 is 1. The Hall–Kier alpha value is -1.39. The van der Waals surface area contributed by atoms with E-state index in [0.29, 0.717) is 11.8 Å². The van der Waals surface area contributed by atoms with Crippen LogP contribution in [0.2, 0.25) is 0 Å². The van der Waals surface area contributed by atoms with E-state index in [-0.39, 0.29) is 5.97 Å². The van der Waals surface area contributed by atoms with Gasteiger partial charge >= 0.3 is 5.97 Å². The average Bonchev–Trinajstić information content (AvgIpc) is 2.84. The van der Waals surface area contributed by atoms with Gasteiger partial charge < -0.3 is 15.4 Å². The molecule has 1 aromatic rings. The van der Waals surface area contributed by atoms with Gasteiger partial charge in [-0.2, -0.15) is 0 Å². The monoisotopic (exact) mass is 290 g/mol. The number of nitrogens with two attached hydrogens (primary N) is 1. The van der Waals surface area contributed by atoms with Gasteiger partial charge in [0.2, 0.25) is 0 Å². The first-order chi connectivity index (χ1) is 9.87. The number of esters is 1. The van der Waals surface area contributed by atoms with Gasteiger partial charge in [0.05, 0.1) is 7.11 Å². The third-order valence-corrected chi connectivity index (χ3v) is 4.42. The fourth-order valence-corrected chi connectivity index (χ4v) is 3.03. The molecule has 0 aliphatic carbocycles. The van der Waals surface area contributed by atoms with Gasteiger partial charge in [-0.05, 0) is 30.4 Å². The van der Waals surface area contributed by atoms with Crippen molar-refractivity contribution in [1.82, 2.24) is 4.90 Å². The SMILES string of the molecule is COC(=O)C(N)(CCN1CCC(C)(C)C1)c1ccccc1. The quantitative estimate of drug-likeness (QED) is 0.844. The van der Waals surface area contributed by atoms with E-state index >= 15 is 0 Å². The molecule has 1 heterocycles. The van der Waals surface area contributed by atoms with Crippen molar-refractivity contribution in [2.75, 3.05) is 26.7 Å². The molecule has 4 nitrogen and oxygen atoms in total. The topological polar surface area (TPSA) is 55.6 Å². The Balaban J connectivity index is 2.09. The van der Waals surface area contributed by atoms with Crippen molar-refractivity contribution in [3.8, 4) is 0 Å². The Labute approximate surface area is 127 Å². The molecule has 0 bridgehead atoms. The zero-order valence-corrected chi connectivity index (χ0v) is 13.3. The van der Waals surface area contributed by atoms with Crippen LogP contribution in [0.5, 0.6) is 0 Å². The molecule has 1 aromatic carbocycles. The summed E-state index contributed by atoms with van der Waals surface area (Å²) in [6.45, 7) is 7.49. The first-order valence-electron chi connectivity index (χ1n) is 7.53. The Morgan fingerprint density at radius 1 is 1.38 bits per heavy atom. The van der Waals surface area contributed by atoms with Crippen LogP contribution in [-0.4, -0.2) is 37.6 Å². The summed E-state index contributed by atoms with van der Waals surface area (Å²) in [5.74, 6) is -0.368. The van der Waals surface area contributed by atoms with E-state index < -0.39 is 5.54 Å². The third-order valence-electron chi connectivity index (χ3n) is 4.42. The van der Waals surface area contributed by atoms with Crippen molar-refractivity contribution in [2.24, 2.45) is 11.1 Å². The van der Waals surface area contributed by atoms with Crippen LogP contribution in [0.3, 0.4) is 0 Å². The lowest BCUT2D eigenvalue weighted by Crippen LogP contribution is -2.48. The number of ether oxygens (including phenoxy) is 1. The van der Waals surface area contributed by atoms with Gasteiger partial charge in [-0.1, -0.05) is 44.2 Å². The smallest absolute Gasteiger partial charge is 0.330 e. The van der Waals surface area contributed by atoms with Gasteiger partial charge in [0.15, 0.2) is 0 Å². The minimum absolute atomic E-state index is 0.356. The predicted octanol–water partition coefficient (Wildman–Crippen LogP) is 2.14. The Morgan fingerprint density at radius 3 is 2.57 bits per heavy atom. The highest BCUT2D eigenvalue weighted by Crippen LogP contribution is 2.30. The van der Waals surface area contributed by atoms with Crippen molar-refractivity contribution in [3.05, 3.63) is 35.9 Å². The highest BCUT2D eigenvalue weighted by molar-refractivity contribution is 5.82. The van der Waals surface area contributed by atoms with E-state index in [9.17, 15) is 4.79 Å². The summed E-state index contributed by atoms with van der Waals surface area (Å²) in [6.07, 6.45) is 1.76. The van der Waals surface area contributed by atoms with E-state index in [1.54, 1.807) is 0 Å². The molecule has 2 rings (SSSR count). The fourth-order valence-electron chi connectivity index (χ4n) is 3.03. The standard InChI is InChI=1S/C17H26N2O2/c1-16(2)9-11-19(13-16)12-10-17(18,15(20)21-3)14-7-5-4-6-8-14/h4-8H,9-13,18H2,1-3H3. The summed E-state index contributed by atoms with van der Waals surface area (Å²) in [5, 5.41) is 0. The summed E-state index contributed by atoms with van der Waals surface area (Å²) in [6, 6.07) is 9.51. The van der Waals surface area contributed by atoms with Crippen LogP contribution in [0.25, 0.3) is 0 Å². The van der Waals surface area contributed by atoms with Gasteiger partial charge in [-0.15, -0.1) is 0 Å². The predicted molar refractivity (Wildman–Crippen MR) is 83.8 cm³/mol. The number of rotatable bonds is 5. The Bertz CT molecular complexity index is 487. The van der Waals surface area contributed by atoms with Gasteiger partial charge in [0.25, 0.3) is 0 Å². The van der Waals surface area contributed by atoms with Crippen LogP contribution >= 0.6 is 0 Å². The number of nitrogens with zero attached hydrogens (tertiary/aromatic N) is 1. The maximum absolute atomic E-state index is 12.2. The zero-order chi connectivity index (χ0) is 15.5. The van der Waals surface area contributed by atoms with Crippen LogP contribution < -0.4 is 5.73 Å². The first kappa shape index (κ1) is 16.0. The normalized spacial score (nSPS) is 21.0. The summed E-state index contributed by atoms with van der Waals surface area (Å²) in [4.78, 5) is 14.6. The molecule has 0 saturated carbocycles. The molecule has 116 valence electrons. The number of carbonyl (C=O) groups excluding carboxylic acids is 1. The van der Waals surface area contributed by atoms with Crippen LogP contribution in [-0.2, 0) is 15.1 Å². The van der Waals surface area contributed by atoms with E-state index in [4.69, 9.17) is 10.5 Å². The van der Waals surface area contributed by atoms with Crippen molar-refractivity contribution < 1.29 is 9.53 Å². The van der Waals surface area contributed by atoms with E-state index in [2.05, 4.69) is 18.7 Å². The second kappa shape index (κ2) is 6.16. The van der Waals surface area contributed by atoms with Gasteiger partial charge in [0, 0.05) is 13.1 Å². The first-order valence-corrected chi connectivity index (χ1v) is 7.53. The largest absolute Gasteiger partial charge is 0.467 e. The molecule has 1 saturated heterocycles. The second-order valence-electron chi connectivity index (χ2n) is 6.77. The number of carbonyl (C=O) groups is 1.